The summed E-state index contributed by atoms with van der Waals surface area (Å²) < 4.78 is 18.5. The average molecular weight is 291 g/mol. The Labute approximate surface area is 124 Å². The number of aromatic nitrogens is 2. The molecule has 1 aromatic carbocycles. The number of nitrogens with one attached hydrogen (secondary N) is 1. The molecule has 1 heterocycles. The summed E-state index contributed by atoms with van der Waals surface area (Å²) in [6.45, 7) is 7.37. The minimum absolute atomic E-state index is 0.302. The number of halogens is 1. The highest BCUT2D eigenvalue weighted by Crippen LogP contribution is 2.18. The Morgan fingerprint density at radius 1 is 1.33 bits per heavy atom. The van der Waals surface area contributed by atoms with E-state index in [-0.39, 0.29) is 5.82 Å². The van der Waals surface area contributed by atoms with Crippen molar-refractivity contribution in [1.29, 1.82) is 0 Å². The summed E-state index contributed by atoms with van der Waals surface area (Å²) in [5, 5.41) is 7.37. The number of likely N-dealkylation sites (N-methyl/N-ethyl adjacent to an activating group) is 1. The molecule has 114 valence electrons. The zero-order valence-corrected chi connectivity index (χ0v) is 12.8. The summed E-state index contributed by atoms with van der Waals surface area (Å²) in [6.07, 6.45) is 1.74. The van der Waals surface area contributed by atoms with E-state index < -0.39 is 0 Å². The van der Waals surface area contributed by atoms with Crippen molar-refractivity contribution in [3.05, 3.63) is 36.0 Å². The van der Waals surface area contributed by atoms with E-state index in [2.05, 4.69) is 36.2 Å². The molecular weight excluding hydrogens is 269 g/mol. The molecule has 0 spiro atoms. The smallest absolute Gasteiger partial charge is 0.228 e. The zero-order valence-electron chi connectivity index (χ0n) is 12.8. The SMILES string of the molecule is CCNC(Cc1nc(-c2cccc(F)c2)no1)CC(C)C. The molecule has 1 N–H and O–H groups in total. The lowest BCUT2D eigenvalue weighted by Crippen LogP contribution is -2.32. The highest BCUT2D eigenvalue weighted by Gasteiger charge is 2.16. The molecule has 4 nitrogen and oxygen atoms in total. The Morgan fingerprint density at radius 3 is 2.81 bits per heavy atom. The molecule has 1 unspecified atom stereocenters. The van der Waals surface area contributed by atoms with E-state index in [1.165, 1.54) is 12.1 Å². The van der Waals surface area contributed by atoms with Gasteiger partial charge in [-0.15, -0.1) is 0 Å². The van der Waals surface area contributed by atoms with Crippen molar-refractivity contribution in [2.75, 3.05) is 6.54 Å². The van der Waals surface area contributed by atoms with Crippen LogP contribution in [-0.2, 0) is 6.42 Å². The van der Waals surface area contributed by atoms with Crippen molar-refractivity contribution in [2.45, 2.75) is 39.7 Å². The van der Waals surface area contributed by atoms with Crippen LogP contribution < -0.4 is 5.32 Å². The number of benzene rings is 1. The molecule has 0 bridgehead atoms. The molecule has 0 aliphatic carbocycles. The number of hydrogen-bond donors (Lipinski definition) is 1. The van der Waals surface area contributed by atoms with Gasteiger partial charge in [0, 0.05) is 18.0 Å². The summed E-state index contributed by atoms with van der Waals surface area (Å²) >= 11 is 0. The lowest BCUT2D eigenvalue weighted by atomic mass is 10.0. The van der Waals surface area contributed by atoms with Crippen LogP contribution in [-0.4, -0.2) is 22.7 Å². The molecule has 0 fully saturated rings. The third-order valence-electron chi connectivity index (χ3n) is 3.22. The first-order chi connectivity index (χ1) is 10.1. The maximum Gasteiger partial charge on any atom is 0.228 e. The summed E-state index contributed by atoms with van der Waals surface area (Å²) in [5.74, 6) is 1.31. The second kappa shape index (κ2) is 7.31. The summed E-state index contributed by atoms with van der Waals surface area (Å²) in [5.41, 5.74) is 0.633. The molecular formula is C16H22FN3O. The van der Waals surface area contributed by atoms with E-state index in [4.69, 9.17) is 4.52 Å². The van der Waals surface area contributed by atoms with E-state index in [1.807, 2.05) is 0 Å². The molecule has 2 rings (SSSR count). The monoisotopic (exact) mass is 291 g/mol. The van der Waals surface area contributed by atoms with Crippen LogP contribution >= 0.6 is 0 Å². The van der Waals surface area contributed by atoms with Gasteiger partial charge in [0.05, 0.1) is 0 Å². The summed E-state index contributed by atoms with van der Waals surface area (Å²) in [7, 11) is 0. The van der Waals surface area contributed by atoms with Gasteiger partial charge in [-0.2, -0.15) is 4.98 Å². The maximum atomic E-state index is 13.2. The largest absolute Gasteiger partial charge is 0.339 e. The second-order valence-corrected chi connectivity index (χ2v) is 5.61. The average Bonchev–Trinajstić information content (AvgIpc) is 2.87. The van der Waals surface area contributed by atoms with Gasteiger partial charge >= 0.3 is 0 Å². The summed E-state index contributed by atoms with van der Waals surface area (Å²) in [6, 6.07) is 6.53. The van der Waals surface area contributed by atoms with Gasteiger partial charge in [-0.3, -0.25) is 0 Å². The van der Waals surface area contributed by atoms with E-state index in [9.17, 15) is 4.39 Å². The van der Waals surface area contributed by atoms with Crippen LogP contribution in [0.15, 0.2) is 28.8 Å². The maximum absolute atomic E-state index is 13.2. The molecule has 0 amide bonds. The van der Waals surface area contributed by atoms with Gasteiger partial charge in [-0.05, 0) is 31.0 Å². The fraction of sp³-hybridized carbons (Fsp3) is 0.500. The van der Waals surface area contributed by atoms with Gasteiger partial charge in [0.15, 0.2) is 0 Å². The topological polar surface area (TPSA) is 51.0 Å². The van der Waals surface area contributed by atoms with Crippen LogP contribution in [0, 0.1) is 11.7 Å². The van der Waals surface area contributed by atoms with Gasteiger partial charge in [0.2, 0.25) is 11.7 Å². The molecule has 5 heteroatoms. The van der Waals surface area contributed by atoms with E-state index in [1.54, 1.807) is 12.1 Å². The van der Waals surface area contributed by atoms with Crippen LogP contribution in [0.1, 0.15) is 33.1 Å². The van der Waals surface area contributed by atoms with Crippen molar-refractivity contribution in [3.63, 3.8) is 0 Å². The molecule has 21 heavy (non-hydrogen) atoms. The Bertz CT molecular complexity index is 568. The van der Waals surface area contributed by atoms with Gasteiger partial charge in [-0.1, -0.05) is 38.1 Å². The van der Waals surface area contributed by atoms with Crippen molar-refractivity contribution >= 4 is 0 Å². The highest BCUT2D eigenvalue weighted by atomic mass is 19.1. The second-order valence-electron chi connectivity index (χ2n) is 5.61. The number of nitrogens with zero attached hydrogens (tertiary/aromatic N) is 2. The first kappa shape index (κ1) is 15.6. The van der Waals surface area contributed by atoms with E-state index in [0.717, 1.165) is 13.0 Å². The predicted molar refractivity (Wildman–Crippen MR) is 80.3 cm³/mol. The highest BCUT2D eigenvalue weighted by molar-refractivity contribution is 5.53. The van der Waals surface area contributed by atoms with Crippen LogP contribution in [0.5, 0.6) is 0 Å². The minimum Gasteiger partial charge on any atom is -0.339 e. The Kier molecular flexibility index (Phi) is 5.44. The van der Waals surface area contributed by atoms with Gasteiger partial charge in [0.25, 0.3) is 0 Å². The Morgan fingerprint density at radius 2 is 2.14 bits per heavy atom. The van der Waals surface area contributed by atoms with Crippen molar-refractivity contribution in [2.24, 2.45) is 5.92 Å². The first-order valence-corrected chi connectivity index (χ1v) is 7.40. The third kappa shape index (κ3) is 4.63. The van der Waals surface area contributed by atoms with E-state index in [0.29, 0.717) is 35.7 Å². The normalized spacial score (nSPS) is 12.8. The fourth-order valence-electron chi connectivity index (χ4n) is 2.39. The molecule has 1 atom stereocenters. The fourth-order valence-corrected chi connectivity index (χ4v) is 2.39. The zero-order chi connectivity index (χ0) is 15.2. The lowest BCUT2D eigenvalue weighted by Gasteiger charge is -2.17. The first-order valence-electron chi connectivity index (χ1n) is 7.40. The van der Waals surface area contributed by atoms with Crippen molar-refractivity contribution in [1.82, 2.24) is 15.5 Å². The molecule has 0 aliphatic heterocycles. The number of hydrogen-bond acceptors (Lipinski definition) is 4. The van der Waals surface area contributed by atoms with Gasteiger partial charge in [-0.25, -0.2) is 4.39 Å². The molecule has 0 aliphatic rings. The quantitative estimate of drug-likeness (QED) is 0.849. The molecule has 0 radical (unpaired) electrons. The van der Waals surface area contributed by atoms with Crippen molar-refractivity contribution < 1.29 is 8.91 Å². The minimum atomic E-state index is -0.302. The number of rotatable bonds is 7. The molecule has 0 saturated carbocycles. The Balaban J connectivity index is 2.08. The molecule has 2 aromatic rings. The van der Waals surface area contributed by atoms with Crippen LogP contribution in [0.4, 0.5) is 4.39 Å². The molecule has 0 saturated heterocycles. The third-order valence-corrected chi connectivity index (χ3v) is 3.22. The Hall–Kier alpha value is -1.75. The molecule has 1 aromatic heterocycles. The van der Waals surface area contributed by atoms with Crippen LogP contribution in [0.3, 0.4) is 0 Å². The van der Waals surface area contributed by atoms with Crippen LogP contribution in [0.2, 0.25) is 0 Å². The standard InChI is InChI=1S/C16H22FN3O/c1-4-18-14(8-11(2)3)10-15-19-16(20-21-15)12-6-5-7-13(17)9-12/h5-7,9,11,14,18H,4,8,10H2,1-3H3. The predicted octanol–water partition coefficient (Wildman–Crippen LogP) is 3.44. The van der Waals surface area contributed by atoms with Gasteiger partial charge < -0.3 is 9.84 Å². The van der Waals surface area contributed by atoms with Crippen molar-refractivity contribution in [3.8, 4) is 11.4 Å². The van der Waals surface area contributed by atoms with E-state index >= 15 is 0 Å². The van der Waals surface area contributed by atoms with Gasteiger partial charge in [0.1, 0.15) is 5.82 Å². The van der Waals surface area contributed by atoms with Crippen LogP contribution in [0.25, 0.3) is 11.4 Å². The summed E-state index contributed by atoms with van der Waals surface area (Å²) in [4.78, 5) is 4.37. The lowest BCUT2D eigenvalue weighted by molar-refractivity contribution is 0.340.